The third-order valence-corrected chi connectivity index (χ3v) is 11.4. The molecule has 0 amide bonds. The molecule has 0 bridgehead atoms. The maximum atomic E-state index is 12.0. The van der Waals surface area contributed by atoms with Crippen LogP contribution in [0.25, 0.3) is 0 Å². The molecule has 0 radical (unpaired) electrons. The average Bonchev–Trinajstić information content (AvgIpc) is 3.05. The van der Waals surface area contributed by atoms with Crippen molar-refractivity contribution in [3.63, 3.8) is 0 Å². The van der Waals surface area contributed by atoms with E-state index in [1.54, 1.807) is 0 Å². The molecule has 3 heteroatoms. The first-order chi connectivity index (χ1) is 14.6. The Balaban J connectivity index is 1.55. The molecule has 4 aliphatic rings. The fraction of sp³-hybridized carbons (Fsp3) is 1.00. The van der Waals surface area contributed by atoms with Gasteiger partial charge in [0.1, 0.15) is 0 Å². The van der Waals surface area contributed by atoms with Crippen molar-refractivity contribution in [2.45, 2.75) is 123 Å². The number of fused-ring (bicyclic) bond motifs is 5. The normalized spacial score (nSPS) is 50.6. The molecule has 4 rings (SSSR count). The summed E-state index contributed by atoms with van der Waals surface area (Å²) in [5.41, 5.74) is -0.349. The Morgan fingerprint density at radius 3 is 2.39 bits per heavy atom. The van der Waals surface area contributed by atoms with Gasteiger partial charge in [-0.2, -0.15) is 0 Å². The van der Waals surface area contributed by atoms with E-state index in [2.05, 4.69) is 39.9 Å². The number of aliphatic hydroxyl groups excluding tert-OH is 1. The molecule has 0 aromatic rings. The van der Waals surface area contributed by atoms with Crippen molar-refractivity contribution in [1.82, 2.24) is 5.32 Å². The van der Waals surface area contributed by atoms with Crippen molar-refractivity contribution in [2.24, 2.45) is 46.3 Å². The fourth-order valence-corrected chi connectivity index (χ4v) is 9.68. The zero-order valence-electron chi connectivity index (χ0n) is 21.3. The monoisotopic (exact) mass is 433 g/mol. The van der Waals surface area contributed by atoms with E-state index >= 15 is 0 Å². The van der Waals surface area contributed by atoms with Crippen LogP contribution in [0.2, 0.25) is 0 Å². The van der Waals surface area contributed by atoms with Gasteiger partial charge in [-0.05, 0) is 92.9 Å². The smallest absolute Gasteiger partial charge is 0.0880 e. The molecule has 0 heterocycles. The van der Waals surface area contributed by atoms with E-state index in [4.69, 9.17) is 0 Å². The van der Waals surface area contributed by atoms with Gasteiger partial charge >= 0.3 is 0 Å². The quantitative estimate of drug-likeness (QED) is 0.497. The van der Waals surface area contributed by atoms with E-state index in [0.717, 1.165) is 48.9 Å². The summed E-state index contributed by atoms with van der Waals surface area (Å²) >= 11 is 0. The lowest BCUT2D eigenvalue weighted by molar-refractivity contribution is -0.233. The first kappa shape index (κ1) is 24.0. The summed E-state index contributed by atoms with van der Waals surface area (Å²) in [6.07, 6.45) is 12.7. The molecule has 4 saturated carbocycles. The molecule has 0 saturated heterocycles. The number of aliphatic hydroxyl groups is 2. The maximum Gasteiger partial charge on any atom is 0.0880 e. The summed E-state index contributed by atoms with van der Waals surface area (Å²) in [5, 5.41) is 26.0. The van der Waals surface area contributed by atoms with E-state index < -0.39 is 5.60 Å². The van der Waals surface area contributed by atoms with Crippen LogP contribution in [0.15, 0.2) is 0 Å². The van der Waals surface area contributed by atoms with E-state index in [-0.39, 0.29) is 17.6 Å². The second-order valence-corrected chi connectivity index (χ2v) is 13.2. The molecule has 180 valence electrons. The van der Waals surface area contributed by atoms with Gasteiger partial charge in [0, 0.05) is 17.9 Å². The van der Waals surface area contributed by atoms with Gasteiger partial charge in [0.25, 0.3) is 0 Å². The zero-order chi connectivity index (χ0) is 22.6. The van der Waals surface area contributed by atoms with Crippen molar-refractivity contribution in [2.75, 3.05) is 7.05 Å². The predicted octanol–water partition coefficient (Wildman–Crippen LogP) is 5.78. The number of hydrogen-bond acceptors (Lipinski definition) is 3. The van der Waals surface area contributed by atoms with Gasteiger partial charge in [-0.25, -0.2) is 0 Å². The summed E-state index contributed by atoms with van der Waals surface area (Å²) < 4.78 is 0. The molecular formula is C28H51NO2. The molecule has 10 atom stereocenters. The molecule has 0 aromatic heterocycles. The summed E-state index contributed by atoms with van der Waals surface area (Å²) in [6, 6.07) is 0.110. The predicted molar refractivity (Wildman–Crippen MR) is 129 cm³/mol. The number of likely N-dealkylation sites (N-methyl/N-ethyl adjacent to an activating group) is 1. The third-order valence-electron chi connectivity index (χ3n) is 11.4. The molecule has 0 spiro atoms. The molecule has 0 aliphatic heterocycles. The molecule has 31 heavy (non-hydrogen) atoms. The van der Waals surface area contributed by atoms with Gasteiger partial charge in [0.2, 0.25) is 0 Å². The number of rotatable bonds is 6. The van der Waals surface area contributed by atoms with E-state index in [0.29, 0.717) is 17.8 Å². The molecule has 0 aromatic carbocycles. The van der Waals surface area contributed by atoms with Gasteiger partial charge in [-0.3, -0.25) is 0 Å². The Bertz CT molecular complexity index is 637. The Morgan fingerprint density at radius 1 is 0.968 bits per heavy atom. The fourth-order valence-electron chi connectivity index (χ4n) is 9.68. The van der Waals surface area contributed by atoms with Crippen molar-refractivity contribution in [1.29, 1.82) is 0 Å². The lowest BCUT2D eigenvalue weighted by Crippen LogP contribution is -2.71. The Kier molecular flexibility index (Phi) is 6.65. The van der Waals surface area contributed by atoms with Crippen molar-refractivity contribution < 1.29 is 10.2 Å². The summed E-state index contributed by atoms with van der Waals surface area (Å²) in [6.45, 7) is 12.3. The van der Waals surface area contributed by atoms with Crippen LogP contribution < -0.4 is 5.32 Å². The second kappa shape index (κ2) is 8.58. The average molecular weight is 434 g/mol. The molecule has 7 unspecified atom stereocenters. The van der Waals surface area contributed by atoms with Crippen LogP contribution in [0.4, 0.5) is 0 Å². The minimum absolute atomic E-state index is 0.0644. The van der Waals surface area contributed by atoms with Crippen LogP contribution in [0.1, 0.15) is 105 Å². The highest BCUT2D eigenvalue weighted by Gasteiger charge is 2.67. The van der Waals surface area contributed by atoms with Gasteiger partial charge < -0.3 is 15.5 Å². The van der Waals surface area contributed by atoms with Crippen molar-refractivity contribution in [3.8, 4) is 0 Å². The molecule has 4 aliphatic carbocycles. The second-order valence-electron chi connectivity index (χ2n) is 13.2. The van der Waals surface area contributed by atoms with Crippen LogP contribution in [0, 0.1) is 46.3 Å². The maximum absolute atomic E-state index is 12.0. The molecule has 4 fully saturated rings. The SMILES string of the molecule is CN[C@@H]1CC2C3CCC(C(C)CCCC(C)C)C3(C)CCC2C2(C)CC[C@H](O)C[C@]12O. The Morgan fingerprint density at radius 2 is 1.71 bits per heavy atom. The summed E-state index contributed by atoms with van der Waals surface area (Å²) in [7, 11) is 2.03. The van der Waals surface area contributed by atoms with Gasteiger partial charge in [-0.1, -0.05) is 53.9 Å². The lowest BCUT2D eigenvalue weighted by atomic mass is 9.42. The first-order valence-electron chi connectivity index (χ1n) is 13.6. The van der Waals surface area contributed by atoms with Crippen LogP contribution >= 0.6 is 0 Å². The summed E-state index contributed by atoms with van der Waals surface area (Å²) in [5.74, 6) is 4.69. The third kappa shape index (κ3) is 3.73. The topological polar surface area (TPSA) is 52.5 Å². The Hall–Kier alpha value is -0.120. The zero-order valence-corrected chi connectivity index (χ0v) is 21.3. The minimum Gasteiger partial charge on any atom is -0.393 e. The van der Waals surface area contributed by atoms with Crippen LogP contribution in [-0.2, 0) is 0 Å². The highest BCUT2D eigenvalue weighted by Crippen LogP contribution is 2.69. The van der Waals surface area contributed by atoms with E-state index in [9.17, 15) is 10.2 Å². The van der Waals surface area contributed by atoms with Gasteiger partial charge in [0.15, 0.2) is 0 Å². The van der Waals surface area contributed by atoms with E-state index in [1.165, 1.54) is 44.9 Å². The standard InChI is InChI=1S/C28H51NO2/c1-18(2)8-7-9-19(3)22-10-11-23-21-16-25(29-6)28(31)17-20(30)12-15-27(28,5)24(21)13-14-26(22,23)4/h18-25,29-31H,7-17H2,1-6H3/t19?,20-,21?,22?,23?,24?,25+,26?,27?,28-/m0/s1. The van der Waals surface area contributed by atoms with Crippen LogP contribution in [0.3, 0.4) is 0 Å². The summed E-state index contributed by atoms with van der Waals surface area (Å²) in [4.78, 5) is 0. The Labute approximate surface area is 192 Å². The number of nitrogens with one attached hydrogen (secondary N) is 1. The lowest BCUT2D eigenvalue weighted by Gasteiger charge is -2.66. The van der Waals surface area contributed by atoms with Crippen molar-refractivity contribution >= 4 is 0 Å². The number of hydrogen-bond donors (Lipinski definition) is 3. The minimum atomic E-state index is -0.767. The molecular weight excluding hydrogens is 382 g/mol. The van der Waals surface area contributed by atoms with E-state index in [1.807, 2.05) is 7.05 Å². The first-order valence-corrected chi connectivity index (χ1v) is 13.6. The highest BCUT2D eigenvalue weighted by molar-refractivity contribution is 5.18. The van der Waals surface area contributed by atoms with Crippen LogP contribution in [0.5, 0.6) is 0 Å². The molecule has 3 N–H and O–H groups in total. The van der Waals surface area contributed by atoms with Crippen molar-refractivity contribution in [3.05, 3.63) is 0 Å². The van der Waals surface area contributed by atoms with Gasteiger partial charge in [0.05, 0.1) is 11.7 Å². The molecule has 3 nitrogen and oxygen atoms in total. The highest BCUT2D eigenvalue weighted by atomic mass is 16.3. The largest absolute Gasteiger partial charge is 0.393 e. The van der Waals surface area contributed by atoms with Crippen LogP contribution in [-0.4, -0.2) is 35.0 Å². The van der Waals surface area contributed by atoms with Gasteiger partial charge in [-0.15, -0.1) is 0 Å².